The first-order chi connectivity index (χ1) is 6.33. The van der Waals surface area contributed by atoms with Crippen LogP contribution in [0.15, 0.2) is 42.5 Å². The molecular weight excluding hydrogens is 156 g/mol. The van der Waals surface area contributed by atoms with Crippen LogP contribution < -0.4 is 0 Å². The van der Waals surface area contributed by atoms with Gasteiger partial charge in [0.05, 0.1) is 0 Å². The first-order valence-electron chi connectivity index (χ1n) is 5.03. The van der Waals surface area contributed by atoms with Crippen molar-refractivity contribution in [2.24, 2.45) is 5.92 Å². The summed E-state index contributed by atoms with van der Waals surface area (Å²) in [5.74, 6) is 0.655. The SMILES string of the molecule is CCC=CC(C)Cc1ccccc1. The minimum atomic E-state index is 0.655. The van der Waals surface area contributed by atoms with Crippen molar-refractivity contribution in [3.63, 3.8) is 0 Å². The molecule has 1 unspecified atom stereocenters. The molecule has 0 spiro atoms. The van der Waals surface area contributed by atoms with Gasteiger partial charge in [-0.25, -0.2) is 0 Å². The van der Waals surface area contributed by atoms with Crippen LogP contribution in [-0.2, 0) is 6.42 Å². The number of allylic oxidation sites excluding steroid dienone is 2. The van der Waals surface area contributed by atoms with Gasteiger partial charge in [0.15, 0.2) is 0 Å². The summed E-state index contributed by atoms with van der Waals surface area (Å²) in [4.78, 5) is 0. The zero-order valence-electron chi connectivity index (χ0n) is 8.53. The molecule has 0 saturated carbocycles. The van der Waals surface area contributed by atoms with Crippen molar-refractivity contribution in [1.82, 2.24) is 0 Å². The predicted octanol–water partition coefficient (Wildman–Crippen LogP) is 3.83. The maximum Gasteiger partial charge on any atom is -0.0218 e. The monoisotopic (exact) mass is 174 g/mol. The molecule has 0 fully saturated rings. The maximum atomic E-state index is 2.30. The molecule has 1 atom stereocenters. The molecule has 0 bridgehead atoms. The van der Waals surface area contributed by atoms with E-state index in [9.17, 15) is 0 Å². The molecule has 0 radical (unpaired) electrons. The fourth-order valence-corrected chi connectivity index (χ4v) is 1.42. The van der Waals surface area contributed by atoms with Gasteiger partial charge in [-0.2, -0.15) is 0 Å². The van der Waals surface area contributed by atoms with Crippen LogP contribution in [0.4, 0.5) is 0 Å². The molecule has 1 rings (SSSR count). The van der Waals surface area contributed by atoms with Gasteiger partial charge in [-0.3, -0.25) is 0 Å². The highest BCUT2D eigenvalue weighted by Gasteiger charge is 1.97. The quantitative estimate of drug-likeness (QED) is 0.608. The van der Waals surface area contributed by atoms with Crippen molar-refractivity contribution < 1.29 is 0 Å². The highest BCUT2D eigenvalue weighted by molar-refractivity contribution is 5.16. The lowest BCUT2D eigenvalue weighted by Gasteiger charge is -2.05. The summed E-state index contributed by atoms with van der Waals surface area (Å²) in [6, 6.07) is 10.7. The summed E-state index contributed by atoms with van der Waals surface area (Å²) in [6.07, 6.45) is 6.83. The third-order valence-corrected chi connectivity index (χ3v) is 2.10. The molecule has 0 amide bonds. The average Bonchev–Trinajstić information content (AvgIpc) is 2.16. The number of hydrogen-bond acceptors (Lipinski definition) is 0. The lowest BCUT2D eigenvalue weighted by Crippen LogP contribution is -1.95. The minimum Gasteiger partial charge on any atom is -0.0885 e. The van der Waals surface area contributed by atoms with Crippen molar-refractivity contribution in [2.45, 2.75) is 26.7 Å². The van der Waals surface area contributed by atoms with E-state index in [0.29, 0.717) is 5.92 Å². The fraction of sp³-hybridized carbons (Fsp3) is 0.385. The summed E-state index contributed by atoms with van der Waals surface area (Å²) in [5, 5.41) is 0. The van der Waals surface area contributed by atoms with Crippen LogP contribution in [0.2, 0.25) is 0 Å². The van der Waals surface area contributed by atoms with Crippen LogP contribution in [0.5, 0.6) is 0 Å². The largest absolute Gasteiger partial charge is 0.0885 e. The van der Waals surface area contributed by atoms with Crippen LogP contribution in [-0.4, -0.2) is 0 Å². The van der Waals surface area contributed by atoms with Crippen molar-refractivity contribution in [3.05, 3.63) is 48.0 Å². The van der Waals surface area contributed by atoms with Crippen molar-refractivity contribution >= 4 is 0 Å². The first-order valence-corrected chi connectivity index (χ1v) is 5.03. The fourth-order valence-electron chi connectivity index (χ4n) is 1.42. The lowest BCUT2D eigenvalue weighted by molar-refractivity contribution is 0.720. The topological polar surface area (TPSA) is 0 Å². The van der Waals surface area contributed by atoms with Crippen LogP contribution in [0.25, 0.3) is 0 Å². The molecule has 0 heterocycles. The Labute approximate surface area is 81.3 Å². The van der Waals surface area contributed by atoms with E-state index in [-0.39, 0.29) is 0 Å². The van der Waals surface area contributed by atoms with Gasteiger partial charge < -0.3 is 0 Å². The summed E-state index contributed by atoms with van der Waals surface area (Å²) < 4.78 is 0. The molecular formula is C13H18. The van der Waals surface area contributed by atoms with E-state index in [2.05, 4.69) is 56.3 Å². The molecule has 0 saturated heterocycles. The first kappa shape index (κ1) is 10.0. The van der Waals surface area contributed by atoms with Crippen molar-refractivity contribution in [1.29, 1.82) is 0 Å². The van der Waals surface area contributed by atoms with Gasteiger partial charge in [0.1, 0.15) is 0 Å². The molecule has 0 nitrogen and oxygen atoms in total. The highest BCUT2D eigenvalue weighted by Crippen LogP contribution is 2.09. The number of hydrogen-bond donors (Lipinski definition) is 0. The molecule has 13 heavy (non-hydrogen) atoms. The van der Waals surface area contributed by atoms with Crippen molar-refractivity contribution in [2.75, 3.05) is 0 Å². The Balaban J connectivity index is 2.45. The third-order valence-electron chi connectivity index (χ3n) is 2.10. The zero-order valence-corrected chi connectivity index (χ0v) is 8.53. The average molecular weight is 174 g/mol. The van der Waals surface area contributed by atoms with Crippen LogP contribution >= 0.6 is 0 Å². The van der Waals surface area contributed by atoms with Crippen LogP contribution in [0.3, 0.4) is 0 Å². The Morgan fingerprint density at radius 1 is 1.23 bits per heavy atom. The second-order valence-electron chi connectivity index (χ2n) is 3.50. The van der Waals surface area contributed by atoms with E-state index < -0.39 is 0 Å². The van der Waals surface area contributed by atoms with Gasteiger partial charge in [0, 0.05) is 0 Å². The molecule has 0 aromatic heterocycles. The molecule has 0 aliphatic carbocycles. The Morgan fingerprint density at radius 3 is 2.54 bits per heavy atom. The predicted molar refractivity (Wildman–Crippen MR) is 58.7 cm³/mol. The molecule has 0 heteroatoms. The lowest BCUT2D eigenvalue weighted by atomic mass is 10.0. The third kappa shape index (κ3) is 3.93. The summed E-state index contributed by atoms with van der Waals surface area (Å²) >= 11 is 0. The van der Waals surface area contributed by atoms with E-state index >= 15 is 0 Å². The van der Waals surface area contributed by atoms with E-state index in [1.165, 1.54) is 5.56 Å². The second-order valence-corrected chi connectivity index (χ2v) is 3.50. The summed E-state index contributed by atoms with van der Waals surface area (Å²) in [6.45, 7) is 4.44. The van der Waals surface area contributed by atoms with Gasteiger partial charge in [0.2, 0.25) is 0 Å². The Hall–Kier alpha value is -1.04. The van der Waals surface area contributed by atoms with E-state index in [1.807, 2.05) is 0 Å². The normalized spacial score (nSPS) is 13.4. The molecule has 1 aromatic carbocycles. The van der Waals surface area contributed by atoms with E-state index in [1.54, 1.807) is 0 Å². The van der Waals surface area contributed by atoms with Crippen LogP contribution in [0.1, 0.15) is 25.8 Å². The van der Waals surface area contributed by atoms with Gasteiger partial charge in [0.25, 0.3) is 0 Å². The number of benzene rings is 1. The molecule has 70 valence electrons. The van der Waals surface area contributed by atoms with Crippen LogP contribution in [0, 0.1) is 5.92 Å². The minimum absolute atomic E-state index is 0.655. The Morgan fingerprint density at radius 2 is 1.92 bits per heavy atom. The maximum absolute atomic E-state index is 2.30. The standard InChI is InChI=1S/C13H18/c1-3-4-8-12(2)11-13-9-6-5-7-10-13/h4-10,12H,3,11H2,1-2H3. The highest BCUT2D eigenvalue weighted by atomic mass is 14.0. The van der Waals surface area contributed by atoms with Gasteiger partial charge in [-0.15, -0.1) is 0 Å². The Kier molecular flexibility index (Phi) is 4.31. The van der Waals surface area contributed by atoms with E-state index in [4.69, 9.17) is 0 Å². The molecule has 0 aliphatic rings. The molecule has 1 aromatic rings. The summed E-state index contributed by atoms with van der Waals surface area (Å²) in [7, 11) is 0. The Bertz CT molecular complexity index is 246. The molecule has 0 aliphatic heterocycles. The summed E-state index contributed by atoms with van der Waals surface area (Å²) in [5.41, 5.74) is 1.43. The van der Waals surface area contributed by atoms with Gasteiger partial charge >= 0.3 is 0 Å². The zero-order chi connectivity index (χ0) is 9.52. The van der Waals surface area contributed by atoms with E-state index in [0.717, 1.165) is 12.8 Å². The number of rotatable bonds is 4. The van der Waals surface area contributed by atoms with Gasteiger partial charge in [-0.05, 0) is 24.3 Å². The van der Waals surface area contributed by atoms with Crippen molar-refractivity contribution in [3.8, 4) is 0 Å². The molecule has 0 N–H and O–H groups in total. The second kappa shape index (κ2) is 5.58. The smallest absolute Gasteiger partial charge is 0.0218 e. The van der Waals surface area contributed by atoms with Gasteiger partial charge in [-0.1, -0.05) is 56.3 Å².